The van der Waals surface area contributed by atoms with Crippen LogP contribution in [-0.4, -0.2) is 38.3 Å². The first-order valence-electron chi connectivity index (χ1n) is 6.68. The van der Waals surface area contributed by atoms with E-state index in [-0.39, 0.29) is 18.4 Å². The first-order valence-corrected chi connectivity index (χ1v) is 6.68. The molecule has 0 saturated carbocycles. The molecule has 0 bridgehead atoms. The van der Waals surface area contributed by atoms with Crippen molar-refractivity contribution in [2.45, 2.75) is 33.8 Å². The number of aromatic nitrogens is 3. The molecule has 2 rings (SSSR count). The summed E-state index contributed by atoms with van der Waals surface area (Å²) in [5.41, 5.74) is 2.78. The quantitative estimate of drug-likeness (QED) is 0.876. The fourth-order valence-corrected chi connectivity index (χ4v) is 1.91. The van der Waals surface area contributed by atoms with E-state index in [0.717, 1.165) is 17.0 Å². The third kappa shape index (κ3) is 2.80. The van der Waals surface area contributed by atoms with Crippen LogP contribution in [0.3, 0.4) is 0 Å². The molecule has 1 atom stereocenters. The van der Waals surface area contributed by atoms with Crippen LogP contribution in [0.25, 0.3) is 5.65 Å². The Hall–Kier alpha value is -1.95. The van der Waals surface area contributed by atoms with Gasteiger partial charge in [0, 0.05) is 18.8 Å². The lowest BCUT2D eigenvalue weighted by Gasteiger charge is -2.15. The number of amides is 1. The molecule has 108 valence electrons. The zero-order chi connectivity index (χ0) is 14.9. The minimum Gasteiger partial charge on any atom is -0.391 e. The number of fused-ring (bicyclic) bond motifs is 1. The van der Waals surface area contributed by atoms with E-state index in [4.69, 9.17) is 0 Å². The number of nitrogens with one attached hydrogen (secondary N) is 1. The minimum atomic E-state index is -0.553. The standard InChI is InChI=1S/C14H20N4O2/c1-8(2)12(19)7-16-14(20)11-6-15-13-5-9(3)17-18(13)10(11)4/h5-6,8,12,19H,7H2,1-4H3,(H,16,20). The molecule has 6 heteroatoms. The van der Waals surface area contributed by atoms with E-state index in [9.17, 15) is 9.90 Å². The van der Waals surface area contributed by atoms with Gasteiger partial charge in [-0.15, -0.1) is 0 Å². The maximum atomic E-state index is 12.1. The maximum absolute atomic E-state index is 12.1. The fraction of sp³-hybridized carbons (Fsp3) is 0.500. The second kappa shape index (κ2) is 5.58. The van der Waals surface area contributed by atoms with Crippen LogP contribution in [0.5, 0.6) is 0 Å². The van der Waals surface area contributed by atoms with Gasteiger partial charge >= 0.3 is 0 Å². The van der Waals surface area contributed by atoms with Gasteiger partial charge < -0.3 is 10.4 Å². The third-order valence-electron chi connectivity index (χ3n) is 3.33. The Morgan fingerprint density at radius 2 is 2.15 bits per heavy atom. The summed E-state index contributed by atoms with van der Waals surface area (Å²) in [6.07, 6.45) is 0.992. The highest BCUT2D eigenvalue weighted by Gasteiger charge is 2.16. The molecule has 0 radical (unpaired) electrons. The van der Waals surface area contributed by atoms with Crippen LogP contribution in [0.15, 0.2) is 12.3 Å². The summed E-state index contributed by atoms with van der Waals surface area (Å²) in [6, 6.07) is 1.86. The molecule has 0 saturated heterocycles. The lowest BCUT2D eigenvalue weighted by molar-refractivity contribution is 0.0870. The van der Waals surface area contributed by atoms with E-state index in [2.05, 4.69) is 15.4 Å². The molecule has 2 aromatic heterocycles. The van der Waals surface area contributed by atoms with Crippen molar-refractivity contribution in [2.75, 3.05) is 6.54 Å². The summed E-state index contributed by atoms with van der Waals surface area (Å²) >= 11 is 0. The van der Waals surface area contributed by atoms with Gasteiger partial charge in [0.2, 0.25) is 0 Å². The van der Waals surface area contributed by atoms with E-state index >= 15 is 0 Å². The average Bonchev–Trinajstić information content (AvgIpc) is 2.77. The first-order chi connectivity index (χ1) is 9.40. The topological polar surface area (TPSA) is 79.5 Å². The molecule has 0 aromatic carbocycles. The molecule has 0 fully saturated rings. The molecule has 1 unspecified atom stereocenters. The van der Waals surface area contributed by atoms with Gasteiger partial charge in [0.1, 0.15) is 0 Å². The van der Waals surface area contributed by atoms with Crippen LogP contribution < -0.4 is 5.32 Å². The average molecular weight is 276 g/mol. The van der Waals surface area contributed by atoms with Crippen molar-refractivity contribution >= 4 is 11.6 Å². The highest BCUT2D eigenvalue weighted by atomic mass is 16.3. The summed E-state index contributed by atoms with van der Waals surface area (Å²) in [7, 11) is 0. The molecule has 1 amide bonds. The Morgan fingerprint density at radius 3 is 2.80 bits per heavy atom. The normalized spacial score (nSPS) is 12.9. The molecule has 20 heavy (non-hydrogen) atoms. The second-order valence-corrected chi connectivity index (χ2v) is 5.33. The lowest BCUT2D eigenvalue weighted by atomic mass is 10.1. The van der Waals surface area contributed by atoms with Gasteiger partial charge in [-0.05, 0) is 19.8 Å². The van der Waals surface area contributed by atoms with Crippen LogP contribution in [0, 0.1) is 19.8 Å². The highest BCUT2D eigenvalue weighted by molar-refractivity contribution is 5.95. The van der Waals surface area contributed by atoms with Crippen molar-refractivity contribution in [3.63, 3.8) is 0 Å². The number of aliphatic hydroxyl groups is 1. The van der Waals surface area contributed by atoms with E-state index in [1.165, 1.54) is 0 Å². The molecule has 2 aromatic rings. The van der Waals surface area contributed by atoms with Gasteiger partial charge in [-0.1, -0.05) is 13.8 Å². The van der Waals surface area contributed by atoms with E-state index < -0.39 is 6.10 Å². The summed E-state index contributed by atoms with van der Waals surface area (Å²) in [4.78, 5) is 16.4. The SMILES string of the molecule is Cc1cc2ncc(C(=O)NCC(O)C(C)C)c(C)n2n1. The van der Waals surface area contributed by atoms with E-state index in [0.29, 0.717) is 5.56 Å². The Labute approximate surface area is 117 Å². The van der Waals surface area contributed by atoms with Crippen LogP contribution in [-0.2, 0) is 0 Å². The number of carbonyl (C=O) groups excluding carboxylic acids is 1. The zero-order valence-electron chi connectivity index (χ0n) is 12.2. The van der Waals surface area contributed by atoms with Crippen LogP contribution in [0.2, 0.25) is 0 Å². The van der Waals surface area contributed by atoms with E-state index in [1.807, 2.05) is 33.8 Å². The lowest BCUT2D eigenvalue weighted by Crippen LogP contribution is -2.35. The monoisotopic (exact) mass is 276 g/mol. The number of aliphatic hydroxyl groups excluding tert-OH is 1. The second-order valence-electron chi connectivity index (χ2n) is 5.33. The predicted octanol–water partition coefficient (Wildman–Crippen LogP) is 1.09. The number of nitrogens with zero attached hydrogens (tertiary/aromatic N) is 3. The van der Waals surface area contributed by atoms with Crippen LogP contribution in [0.1, 0.15) is 35.6 Å². The number of aryl methyl sites for hydroxylation is 2. The number of rotatable bonds is 4. The van der Waals surface area contributed by atoms with Crippen molar-refractivity contribution in [3.8, 4) is 0 Å². The minimum absolute atomic E-state index is 0.103. The summed E-state index contributed by atoms with van der Waals surface area (Å²) in [6.45, 7) is 7.75. The zero-order valence-corrected chi connectivity index (χ0v) is 12.2. The molecular formula is C14H20N4O2. The van der Waals surface area contributed by atoms with Crippen LogP contribution >= 0.6 is 0 Å². The Bertz CT molecular complexity index is 633. The van der Waals surface area contributed by atoms with Gasteiger partial charge in [0.25, 0.3) is 5.91 Å². The number of hydrogen-bond acceptors (Lipinski definition) is 4. The third-order valence-corrected chi connectivity index (χ3v) is 3.33. The summed E-state index contributed by atoms with van der Waals surface area (Å²) in [5, 5.41) is 16.7. The smallest absolute Gasteiger partial charge is 0.254 e. The number of hydrogen-bond donors (Lipinski definition) is 2. The molecular weight excluding hydrogens is 256 g/mol. The van der Waals surface area contributed by atoms with Gasteiger partial charge in [0.05, 0.1) is 23.1 Å². The van der Waals surface area contributed by atoms with Gasteiger partial charge in [-0.25, -0.2) is 9.50 Å². The van der Waals surface area contributed by atoms with Crippen molar-refractivity contribution in [1.82, 2.24) is 19.9 Å². The molecule has 0 spiro atoms. The van der Waals surface area contributed by atoms with Crippen molar-refractivity contribution in [3.05, 3.63) is 29.2 Å². The number of carbonyl (C=O) groups is 1. The van der Waals surface area contributed by atoms with Crippen molar-refractivity contribution in [1.29, 1.82) is 0 Å². The fourth-order valence-electron chi connectivity index (χ4n) is 1.91. The Balaban J connectivity index is 2.20. The molecule has 2 heterocycles. The largest absolute Gasteiger partial charge is 0.391 e. The summed E-state index contributed by atoms with van der Waals surface area (Å²) < 4.78 is 1.66. The molecule has 2 N–H and O–H groups in total. The van der Waals surface area contributed by atoms with Gasteiger partial charge in [0.15, 0.2) is 5.65 Å². The Kier molecular flexibility index (Phi) is 4.04. The van der Waals surface area contributed by atoms with Gasteiger partial charge in [-0.2, -0.15) is 5.10 Å². The predicted molar refractivity (Wildman–Crippen MR) is 75.6 cm³/mol. The van der Waals surface area contributed by atoms with Crippen molar-refractivity contribution in [2.24, 2.45) is 5.92 Å². The molecule has 0 aliphatic carbocycles. The molecule has 0 aliphatic heterocycles. The highest BCUT2D eigenvalue weighted by Crippen LogP contribution is 2.11. The van der Waals surface area contributed by atoms with Crippen molar-refractivity contribution < 1.29 is 9.90 Å². The maximum Gasteiger partial charge on any atom is 0.254 e. The molecule has 0 aliphatic rings. The Morgan fingerprint density at radius 1 is 1.45 bits per heavy atom. The molecule has 6 nitrogen and oxygen atoms in total. The van der Waals surface area contributed by atoms with E-state index in [1.54, 1.807) is 10.7 Å². The summed E-state index contributed by atoms with van der Waals surface area (Å²) in [5.74, 6) is -0.143. The van der Waals surface area contributed by atoms with Crippen LogP contribution in [0.4, 0.5) is 0 Å². The first kappa shape index (κ1) is 14.5. The van der Waals surface area contributed by atoms with Gasteiger partial charge in [-0.3, -0.25) is 4.79 Å².